The minimum absolute atomic E-state index is 0.0677. The Balaban J connectivity index is 1.91. The molecule has 2 aromatic heterocycles. The summed E-state index contributed by atoms with van der Waals surface area (Å²) in [4.78, 5) is 39.9. The van der Waals surface area contributed by atoms with E-state index in [0.717, 1.165) is 23.1 Å². The lowest BCUT2D eigenvalue weighted by Crippen LogP contribution is -2.30. The van der Waals surface area contributed by atoms with Gasteiger partial charge in [-0.1, -0.05) is 69.3 Å². The summed E-state index contributed by atoms with van der Waals surface area (Å²) in [6.07, 6.45) is 0.363. The van der Waals surface area contributed by atoms with Gasteiger partial charge < -0.3 is 24.6 Å². The third-order valence-electron chi connectivity index (χ3n) is 7.08. The largest absolute Gasteiger partial charge is 0.481 e. The normalized spacial score (nSPS) is 13.0. The van der Waals surface area contributed by atoms with Gasteiger partial charge in [0.2, 0.25) is 11.9 Å². The van der Waals surface area contributed by atoms with Crippen LogP contribution in [0.25, 0.3) is 28.4 Å². The standard InChI is InChI=1S/C32H37N5O6/c1-6-20-11-13-21(14-12-20)29-24(16-15-22(38)17-23(39)18-27(40)41)28(19(2)3)34-30(35-29)37(32(42)43-5)31-33-25-9-7-8-10-26(25)36(31)4/h7-16,19,22-23,38-39H,6,17-18H2,1-5H3,(H,40,41)/b16-15+/t22-,23-/m1/s1. The van der Waals surface area contributed by atoms with E-state index in [2.05, 4.69) is 11.9 Å². The highest BCUT2D eigenvalue weighted by molar-refractivity contribution is 5.95. The molecule has 11 heteroatoms. The first kappa shape index (κ1) is 31.3. The molecule has 0 fully saturated rings. The number of nitrogens with zero attached hydrogens (tertiary/aromatic N) is 5. The monoisotopic (exact) mass is 587 g/mol. The average Bonchev–Trinajstić information content (AvgIpc) is 3.31. The zero-order chi connectivity index (χ0) is 31.3. The van der Waals surface area contributed by atoms with E-state index in [-0.39, 0.29) is 24.2 Å². The maximum atomic E-state index is 13.3. The van der Waals surface area contributed by atoms with Gasteiger partial charge in [0.25, 0.3) is 0 Å². The predicted molar refractivity (Wildman–Crippen MR) is 164 cm³/mol. The molecule has 0 aliphatic rings. The van der Waals surface area contributed by atoms with Crippen LogP contribution in [0.4, 0.5) is 16.7 Å². The fourth-order valence-corrected chi connectivity index (χ4v) is 4.82. The summed E-state index contributed by atoms with van der Waals surface area (Å²) >= 11 is 0. The number of rotatable bonds is 11. The van der Waals surface area contributed by atoms with E-state index in [1.807, 2.05) is 62.4 Å². The Hall–Kier alpha value is -4.61. The van der Waals surface area contributed by atoms with Gasteiger partial charge in [0.1, 0.15) is 0 Å². The molecular weight excluding hydrogens is 550 g/mol. The van der Waals surface area contributed by atoms with Crippen molar-refractivity contribution in [1.82, 2.24) is 19.5 Å². The van der Waals surface area contributed by atoms with Crippen LogP contribution in [0.2, 0.25) is 0 Å². The van der Waals surface area contributed by atoms with Crippen molar-refractivity contribution in [3.05, 3.63) is 71.4 Å². The molecule has 1 amide bonds. The van der Waals surface area contributed by atoms with E-state index in [9.17, 15) is 19.8 Å². The van der Waals surface area contributed by atoms with E-state index in [1.54, 1.807) is 17.7 Å². The van der Waals surface area contributed by atoms with E-state index in [4.69, 9.17) is 19.8 Å². The molecule has 3 N–H and O–H groups in total. The van der Waals surface area contributed by atoms with E-state index < -0.39 is 30.7 Å². The number of hydrogen-bond acceptors (Lipinski definition) is 8. The molecule has 4 rings (SSSR count). The zero-order valence-electron chi connectivity index (χ0n) is 24.9. The third-order valence-corrected chi connectivity index (χ3v) is 7.08. The molecular formula is C32H37N5O6. The molecule has 0 saturated carbocycles. The van der Waals surface area contributed by atoms with Crippen molar-refractivity contribution in [3.8, 4) is 11.3 Å². The molecule has 11 nitrogen and oxygen atoms in total. The number of imidazole rings is 1. The summed E-state index contributed by atoms with van der Waals surface area (Å²) in [6.45, 7) is 5.98. The van der Waals surface area contributed by atoms with Crippen LogP contribution in [0.3, 0.4) is 0 Å². The Labute approximate surface area is 250 Å². The number of carboxylic acids is 1. The van der Waals surface area contributed by atoms with Gasteiger partial charge in [0.15, 0.2) is 0 Å². The Morgan fingerprint density at radius 3 is 2.35 bits per heavy atom. The maximum absolute atomic E-state index is 13.3. The SMILES string of the molecule is CCc1ccc(-c2nc(N(C(=O)OC)c3nc4ccccc4n3C)nc(C(C)C)c2/C=C/[C@@H](O)C[C@@H](O)CC(=O)O)cc1. The number of benzene rings is 2. The van der Waals surface area contributed by atoms with Crippen molar-refractivity contribution in [1.29, 1.82) is 0 Å². The van der Waals surface area contributed by atoms with Crippen LogP contribution >= 0.6 is 0 Å². The molecule has 43 heavy (non-hydrogen) atoms. The summed E-state index contributed by atoms with van der Waals surface area (Å²) in [5.74, 6) is -0.938. The molecule has 2 atom stereocenters. The fraction of sp³-hybridized carbons (Fsp3) is 0.344. The van der Waals surface area contributed by atoms with E-state index in [0.29, 0.717) is 22.5 Å². The number of aliphatic hydroxyl groups excluding tert-OH is 2. The topological polar surface area (TPSA) is 151 Å². The molecule has 0 unspecified atom stereocenters. The summed E-state index contributed by atoms with van der Waals surface area (Å²) in [7, 11) is 3.08. The number of aryl methyl sites for hydroxylation is 2. The molecule has 2 aromatic carbocycles. The van der Waals surface area contributed by atoms with Gasteiger partial charge in [-0.2, -0.15) is 4.90 Å². The second-order valence-electron chi connectivity index (χ2n) is 10.6. The number of anilines is 2. The number of carboxylic acid groups (broad SMARTS) is 1. The molecule has 226 valence electrons. The zero-order valence-corrected chi connectivity index (χ0v) is 24.9. The summed E-state index contributed by atoms with van der Waals surface area (Å²) in [6, 6.07) is 15.4. The molecule has 0 spiro atoms. The lowest BCUT2D eigenvalue weighted by molar-refractivity contribution is -0.139. The minimum atomic E-state index is -1.21. The van der Waals surface area contributed by atoms with E-state index >= 15 is 0 Å². The first-order valence-electron chi connectivity index (χ1n) is 14.1. The number of carbonyl (C=O) groups excluding carboxylic acids is 1. The average molecular weight is 588 g/mol. The summed E-state index contributed by atoms with van der Waals surface area (Å²) in [5.41, 5.74) is 5.12. The van der Waals surface area contributed by atoms with Gasteiger partial charge in [-0.3, -0.25) is 4.79 Å². The number of amides is 1. The summed E-state index contributed by atoms with van der Waals surface area (Å²) < 4.78 is 6.93. The number of fused-ring (bicyclic) bond motifs is 1. The van der Waals surface area contributed by atoms with Crippen molar-refractivity contribution in [2.24, 2.45) is 7.05 Å². The highest BCUT2D eigenvalue weighted by atomic mass is 16.5. The summed E-state index contributed by atoms with van der Waals surface area (Å²) in [5, 5.41) is 29.6. The van der Waals surface area contributed by atoms with Gasteiger partial charge in [-0.05, 0) is 30.0 Å². The molecule has 0 radical (unpaired) electrons. The Bertz CT molecular complexity index is 1630. The first-order chi connectivity index (χ1) is 20.5. The number of carbonyl (C=O) groups is 2. The maximum Gasteiger partial charge on any atom is 0.423 e. The van der Waals surface area contributed by atoms with Crippen molar-refractivity contribution in [2.75, 3.05) is 12.0 Å². The predicted octanol–water partition coefficient (Wildman–Crippen LogP) is 5.22. The van der Waals surface area contributed by atoms with Crippen molar-refractivity contribution in [2.45, 2.75) is 58.2 Å². The van der Waals surface area contributed by atoms with Gasteiger partial charge in [0.05, 0.1) is 48.2 Å². The lowest BCUT2D eigenvalue weighted by Gasteiger charge is -2.22. The molecule has 0 aliphatic carbocycles. The van der Waals surface area contributed by atoms with Crippen molar-refractivity contribution >= 4 is 41.1 Å². The molecule has 0 saturated heterocycles. The van der Waals surface area contributed by atoms with Gasteiger partial charge >= 0.3 is 12.1 Å². The highest BCUT2D eigenvalue weighted by Crippen LogP contribution is 2.34. The first-order valence-corrected chi connectivity index (χ1v) is 14.1. The highest BCUT2D eigenvalue weighted by Gasteiger charge is 2.29. The smallest absolute Gasteiger partial charge is 0.423 e. The van der Waals surface area contributed by atoms with Crippen LogP contribution in [-0.2, 0) is 23.0 Å². The van der Waals surface area contributed by atoms with Crippen LogP contribution in [0.1, 0.15) is 56.4 Å². The number of aliphatic hydroxyl groups is 2. The van der Waals surface area contributed by atoms with Crippen LogP contribution in [0, 0.1) is 0 Å². The van der Waals surface area contributed by atoms with E-state index in [1.165, 1.54) is 18.1 Å². The second-order valence-corrected chi connectivity index (χ2v) is 10.6. The van der Waals surface area contributed by atoms with Gasteiger partial charge in [0, 0.05) is 24.6 Å². The van der Waals surface area contributed by atoms with Crippen LogP contribution in [0.5, 0.6) is 0 Å². The Kier molecular flexibility index (Phi) is 9.89. The molecule has 0 aliphatic heterocycles. The van der Waals surface area contributed by atoms with Gasteiger partial charge in [-0.25, -0.2) is 19.7 Å². The van der Waals surface area contributed by atoms with Crippen molar-refractivity contribution < 1.29 is 29.6 Å². The molecule has 0 bridgehead atoms. The van der Waals surface area contributed by atoms with Crippen LogP contribution in [0.15, 0.2) is 54.6 Å². The number of aromatic nitrogens is 4. The molecule has 2 heterocycles. The van der Waals surface area contributed by atoms with Gasteiger partial charge in [-0.15, -0.1) is 0 Å². The number of ether oxygens (including phenoxy) is 1. The molecule has 4 aromatic rings. The minimum Gasteiger partial charge on any atom is -0.481 e. The number of hydrogen-bond donors (Lipinski definition) is 3. The second kappa shape index (κ2) is 13.6. The third kappa shape index (κ3) is 7.07. The Morgan fingerprint density at radius 1 is 1.05 bits per heavy atom. The van der Waals surface area contributed by atoms with Crippen molar-refractivity contribution in [3.63, 3.8) is 0 Å². The Morgan fingerprint density at radius 2 is 1.74 bits per heavy atom. The lowest BCUT2D eigenvalue weighted by atomic mass is 9.96. The van der Waals surface area contributed by atoms with Crippen LogP contribution < -0.4 is 4.90 Å². The number of methoxy groups -OCH3 is 1. The fourth-order valence-electron chi connectivity index (χ4n) is 4.82. The number of para-hydroxylation sites is 2. The van der Waals surface area contributed by atoms with Crippen LogP contribution in [-0.4, -0.2) is 66.2 Å². The quantitative estimate of drug-likeness (QED) is 0.214. The number of aliphatic carboxylic acids is 1.